The van der Waals surface area contributed by atoms with Crippen molar-refractivity contribution >= 4 is 11.8 Å². The smallest absolute Gasteiger partial charge is 0.224 e. The quantitative estimate of drug-likeness (QED) is 0.736. The number of amides is 2. The van der Waals surface area contributed by atoms with Crippen LogP contribution in [0.4, 0.5) is 0 Å². The summed E-state index contributed by atoms with van der Waals surface area (Å²) >= 11 is 0. The lowest BCUT2D eigenvalue weighted by molar-refractivity contribution is -0.127. The minimum atomic E-state index is -0.253. The van der Waals surface area contributed by atoms with Crippen LogP contribution in [0.3, 0.4) is 0 Å². The van der Waals surface area contributed by atoms with Crippen LogP contribution in [-0.2, 0) is 22.7 Å². The summed E-state index contributed by atoms with van der Waals surface area (Å²) in [4.78, 5) is 24.7. The molecule has 2 aromatic rings. The van der Waals surface area contributed by atoms with Gasteiger partial charge in [-0.3, -0.25) is 9.59 Å². The molecule has 2 unspecified atom stereocenters. The summed E-state index contributed by atoms with van der Waals surface area (Å²) < 4.78 is 10.5. The lowest BCUT2D eigenvalue weighted by Crippen LogP contribution is -2.29. The van der Waals surface area contributed by atoms with E-state index in [9.17, 15) is 9.59 Å². The van der Waals surface area contributed by atoms with Gasteiger partial charge in [0, 0.05) is 13.1 Å². The first kappa shape index (κ1) is 19.7. The van der Waals surface area contributed by atoms with E-state index < -0.39 is 0 Å². The molecule has 1 aliphatic rings. The molecule has 6 nitrogen and oxygen atoms in total. The maximum Gasteiger partial charge on any atom is 0.224 e. The van der Waals surface area contributed by atoms with Crippen LogP contribution in [0.15, 0.2) is 42.5 Å². The van der Waals surface area contributed by atoms with Gasteiger partial charge in [0.2, 0.25) is 11.8 Å². The van der Waals surface area contributed by atoms with Gasteiger partial charge in [-0.05, 0) is 42.2 Å². The van der Waals surface area contributed by atoms with Crippen LogP contribution in [0.2, 0.25) is 0 Å². The van der Waals surface area contributed by atoms with Gasteiger partial charge in [-0.2, -0.15) is 0 Å². The first-order valence-electron chi connectivity index (χ1n) is 9.34. The van der Waals surface area contributed by atoms with Gasteiger partial charge < -0.3 is 20.1 Å². The number of hydrogen-bond donors (Lipinski definition) is 2. The van der Waals surface area contributed by atoms with Gasteiger partial charge in [-0.15, -0.1) is 0 Å². The molecule has 28 heavy (non-hydrogen) atoms. The zero-order valence-corrected chi connectivity index (χ0v) is 16.5. The highest BCUT2D eigenvalue weighted by atomic mass is 16.5. The van der Waals surface area contributed by atoms with Crippen molar-refractivity contribution in [2.45, 2.75) is 26.4 Å². The van der Waals surface area contributed by atoms with Crippen molar-refractivity contribution in [3.05, 3.63) is 59.2 Å². The number of ether oxygens (including phenoxy) is 2. The third-order valence-corrected chi connectivity index (χ3v) is 5.09. The van der Waals surface area contributed by atoms with Gasteiger partial charge in [0.25, 0.3) is 0 Å². The Labute approximate surface area is 165 Å². The van der Waals surface area contributed by atoms with Gasteiger partial charge in [-0.1, -0.05) is 30.3 Å². The Morgan fingerprint density at radius 2 is 1.57 bits per heavy atom. The topological polar surface area (TPSA) is 76.7 Å². The summed E-state index contributed by atoms with van der Waals surface area (Å²) in [6.07, 6.45) is 0.595. The van der Waals surface area contributed by atoms with E-state index in [2.05, 4.69) is 10.6 Å². The summed E-state index contributed by atoms with van der Waals surface area (Å²) in [5, 5.41) is 5.84. The van der Waals surface area contributed by atoms with E-state index in [4.69, 9.17) is 9.47 Å². The monoisotopic (exact) mass is 382 g/mol. The van der Waals surface area contributed by atoms with Crippen molar-refractivity contribution in [2.75, 3.05) is 14.2 Å². The number of methoxy groups -OCH3 is 2. The molecule has 1 fully saturated rings. The van der Waals surface area contributed by atoms with Gasteiger partial charge in [0.1, 0.15) is 0 Å². The minimum Gasteiger partial charge on any atom is -0.493 e. The molecule has 1 saturated carbocycles. The minimum absolute atomic E-state index is 0.0606. The first-order chi connectivity index (χ1) is 13.5. The molecular weight excluding hydrogens is 356 g/mol. The Morgan fingerprint density at radius 3 is 2.21 bits per heavy atom. The number of nitrogens with one attached hydrogen (secondary N) is 2. The molecule has 0 bridgehead atoms. The van der Waals surface area contributed by atoms with Crippen LogP contribution in [0.5, 0.6) is 11.5 Å². The SMILES string of the molecule is COc1ccc(CNC(=O)C2CC2C(=O)NCc2ccccc2C)cc1OC. The molecule has 2 amide bonds. The predicted molar refractivity (Wildman–Crippen MR) is 106 cm³/mol. The number of carbonyl (C=O) groups excluding carboxylic acids is 2. The van der Waals surface area contributed by atoms with Crippen LogP contribution in [0.1, 0.15) is 23.1 Å². The predicted octanol–water partition coefficient (Wildman–Crippen LogP) is 2.58. The Hall–Kier alpha value is -3.02. The van der Waals surface area contributed by atoms with Gasteiger partial charge >= 0.3 is 0 Å². The van der Waals surface area contributed by atoms with Gasteiger partial charge in [-0.25, -0.2) is 0 Å². The van der Waals surface area contributed by atoms with E-state index >= 15 is 0 Å². The molecule has 0 aliphatic heterocycles. The average Bonchev–Trinajstić information content (AvgIpc) is 3.52. The zero-order valence-electron chi connectivity index (χ0n) is 16.5. The van der Waals surface area contributed by atoms with E-state index in [-0.39, 0.29) is 23.7 Å². The van der Waals surface area contributed by atoms with E-state index in [1.54, 1.807) is 20.3 Å². The standard InChI is InChI=1S/C22H26N2O4/c1-14-6-4-5-7-16(14)13-24-22(26)18-11-17(18)21(25)23-12-15-8-9-19(27-2)20(10-15)28-3/h4-10,17-18H,11-13H2,1-3H3,(H,23,25)(H,24,26). The second kappa shape index (κ2) is 8.78. The fraction of sp³-hybridized carbons (Fsp3) is 0.364. The van der Waals surface area contributed by atoms with E-state index in [0.717, 1.165) is 16.7 Å². The average molecular weight is 382 g/mol. The van der Waals surface area contributed by atoms with Crippen LogP contribution in [0.25, 0.3) is 0 Å². The molecule has 0 heterocycles. The molecule has 1 aliphatic carbocycles. The Kier molecular flexibility index (Phi) is 6.19. The normalized spacial score (nSPS) is 17.5. The zero-order chi connectivity index (χ0) is 20.1. The Balaban J connectivity index is 1.46. The second-order valence-electron chi connectivity index (χ2n) is 7.00. The van der Waals surface area contributed by atoms with Crippen LogP contribution in [-0.4, -0.2) is 26.0 Å². The molecule has 6 heteroatoms. The van der Waals surface area contributed by atoms with Crippen LogP contribution in [0, 0.1) is 18.8 Å². The molecule has 2 atom stereocenters. The Morgan fingerprint density at radius 1 is 0.929 bits per heavy atom. The number of benzene rings is 2. The number of aryl methyl sites for hydroxylation is 1. The van der Waals surface area contributed by atoms with E-state index in [1.165, 1.54) is 0 Å². The van der Waals surface area contributed by atoms with Crippen molar-refractivity contribution in [2.24, 2.45) is 11.8 Å². The molecule has 0 radical (unpaired) electrons. The molecular formula is C22H26N2O4. The molecule has 2 aromatic carbocycles. The number of carbonyl (C=O) groups is 2. The van der Waals surface area contributed by atoms with Crippen molar-refractivity contribution in [1.29, 1.82) is 0 Å². The van der Waals surface area contributed by atoms with E-state index in [0.29, 0.717) is 31.0 Å². The third-order valence-electron chi connectivity index (χ3n) is 5.09. The third kappa shape index (κ3) is 4.63. The molecule has 3 rings (SSSR count). The fourth-order valence-electron chi connectivity index (χ4n) is 3.21. The molecule has 0 saturated heterocycles. The molecule has 0 aromatic heterocycles. The van der Waals surface area contributed by atoms with Gasteiger partial charge in [0.15, 0.2) is 11.5 Å². The molecule has 2 N–H and O–H groups in total. The maximum atomic E-state index is 12.4. The summed E-state index contributed by atoms with van der Waals surface area (Å²) in [5.41, 5.74) is 3.14. The van der Waals surface area contributed by atoms with Crippen molar-refractivity contribution in [3.8, 4) is 11.5 Å². The highest BCUT2D eigenvalue weighted by Crippen LogP contribution is 2.39. The summed E-state index contributed by atoms with van der Waals surface area (Å²) in [7, 11) is 3.15. The number of hydrogen-bond acceptors (Lipinski definition) is 4. The highest BCUT2D eigenvalue weighted by molar-refractivity contribution is 5.92. The second-order valence-corrected chi connectivity index (χ2v) is 7.00. The summed E-state index contributed by atoms with van der Waals surface area (Å²) in [6, 6.07) is 13.5. The number of rotatable bonds is 8. The van der Waals surface area contributed by atoms with Crippen LogP contribution < -0.4 is 20.1 Å². The largest absolute Gasteiger partial charge is 0.493 e. The van der Waals surface area contributed by atoms with Crippen molar-refractivity contribution in [3.63, 3.8) is 0 Å². The maximum absolute atomic E-state index is 12.4. The highest BCUT2D eigenvalue weighted by Gasteiger charge is 2.47. The fourth-order valence-corrected chi connectivity index (χ4v) is 3.21. The first-order valence-corrected chi connectivity index (χ1v) is 9.34. The van der Waals surface area contributed by atoms with Crippen molar-refractivity contribution in [1.82, 2.24) is 10.6 Å². The summed E-state index contributed by atoms with van der Waals surface area (Å²) in [5.74, 6) is 0.617. The Bertz CT molecular complexity index is 865. The molecule has 148 valence electrons. The van der Waals surface area contributed by atoms with Gasteiger partial charge in [0.05, 0.1) is 26.1 Å². The van der Waals surface area contributed by atoms with Crippen LogP contribution >= 0.6 is 0 Å². The lowest BCUT2D eigenvalue weighted by atomic mass is 10.1. The molecule has 0 spiro atoms. The summed E-state index contributed by atoms with van der Waals surface area (Å²) in [6.45, 7) is 2.89. The van der Waals surface area contributed by atoms with Crippen molar-refractivity contribution < 1.29 is 19.1 Å². The lowest BCUT2D eigenvalue weighted by Gasteiger charge is -2.10. The van der Waals surface area contributed by atoms with E-state index in [1.807, 2.05) is 43.3 Å².